The minimum atomic E-state index is -6.04. The van der Waals surface area contributed by atoms with Crippen LogP contribution in [-0.2, 0) is 24.6 Å². The largest absolute Gasteiger partial charge is 1.00 e. The van der Waals surface area contributed by atoms with Gasteiger partial charge in [0.2, 0.25) is 20.4 Å². The maximum absolute atomic E-state index is 12.9. The quantitative estimate of drug-likeness (QED) is 0.233. The summed E-state index contributed by atoms with van der Waals surface area (Å²) in [6.45, 7) is -2.04. The average molecular weight is 488 g/mol. The zero-order valence-electron chi connectivity index (χ0n) is 13.6. The summed E-state index contributed by atoms with van der Waals surface area (Å²) < 4.78 is 137. The van der Waals surface area contributed by atoms with Crippen LogP contribution in [0.15, 0.2) is 29.2 Å². The molecule has 1 aromatic carbocycles. The van der Waals surface area contributed by atoms with Crippen molar-refractivity contribution in [3.05, 3.63) is 29.3 Å². The van der Waals surface area contributed by atoms with Gasteiger partial charge in [-0.05, 0) is 24.3 Å². The van der Waals surface area contributed by atoms with Crippen LogP contribution in [0.4, 0.5) is 26.3 Å². The van der Waals surface area contributed by atoms with Crippen LogP contribution in [0.3, 0.4) is 0 Å². The molecule has 0 heterocycles. The molecule has 0 amide bonds. The second-order valence-corrected chi connectivity index (χ2v) is 8.14. The van der Waals surface area contributed by atoms with Gasteiger partial charge in [0.05, 0.1) is 17.5 Å². The molecular formula is C11H9ClF6NNaO6S2. The molecule has 0 saturated carbocycles. The molecule has 0 unspecified atom stereocenters. The predicted octanol–water partition coefficient (Wildman–Crippen LogP) is -0.791. The predicted molar refractivity (Wildman–Crippen MR) is 76.8 cm³/mol. The number of sulfonamides is 1. The van der Waals surface area contributed by atoms with Crippen LogP contribution in [0.1, 0.15) is 0 Å². The molecule has 0 fully saturated rings. The van der Waals surface area contributed by atoms with Gasteiger partial charge < -0.3 is 4.55 Å². The Bertz CT molecular complexity index is 845. The molecule has 0 aromatic heterocycles. The first-order chi connectivity index (χ1) is 11.9. The Kier molecular flexibility index (Phi) is 9.74. The molecule has 0 spiro atoms. The SMILES string of the molecule is O=S(=O)([O-])OC[C@@H](NS(=O)(=O)c1ccc(Cl)cc1)C(C(F)(F)F)C(F)(F)F.[Na+]. The van der Waals surface area contributed by atoms with Crippen molar-refractivity contribution in [3.63, 3.8) is 0 Å². The molecular weight excluding hydrogens is 479 g/mol. The van der Waals surface area contributed by atoms with E-state index in [1.807, 2.05) is 0 Å². The molecule has 1 N–H and O–H groups in total. The summed E-state index contributed by atoms with van der Waals surface area (Å²) in [5.74, 6) is -4.35. The Labute approximate surface area is 182 Å². The minimum absolute atomic E-state index is 0. The molecule has 17 heteroatoms. The molecule has 0 saturated heterocycles. The maximum atomic E-state index is 12.9. The van der Waals surface area contributed by atoms with Crippen LogP contribution in [0.5, 0.6) is 0 Å². The van der Waals surface area contributed by atoms with Crippen LogP contribution in [0, 0.1) is 5.92 Å². The number of halogens is 7. The maximum Gasteiger partial charge on any atom is 1.00 e. The third-order valence-electron chi connectivity index (χ3n) is 2.93. The van der Waals surface area contributed by atoms with Crippen molar-refractivity contribution in [3.8, 4) is 0 Å². The van der Waals surface area contributed by atoms with E-state index in [4.69, 9.17) is 11.6 Å². The van der Waals surface area contributed by atoms with Crippen molar-refractivity contribution in [2.75, 3.05) is 6.61 Å². The van der Waals surface area contributed by atoms with E-state index in [-0.39, 0.29) is 34.6 Å². The van der Waals surface area contributed by atoms with Crippen molar-refractivity contribution in [1.82, 2.24) is 4.72 Å². The molecule has 1 rings (SSSR count). The van der Waals surface area contributed by atoms with Crippen LogP contribution < -0.4 is 34.3 Å². The van der Waals surface area contributed by atoms with Crippen molar-refractivity contribution in [2.45, 2.75) is 23.3 Å². The number of hydrogen-bond donors (Lipinski definition) is 1. The van der Waals surface area contributed by atoms with Crippen molar-refractivity contribution in [2.24, 2.45) is 5.92 Å². The van der Waals surface area contributed by atoms with Crippen LogP contribution >= 0.6 is 11.6 Å². The third-order valence-corrected chi connectivity index (χ3v) is 5.11. The Balaban J connectivity index is 0.00000729. The Hall–Kier alpha value is -0.130. The number of nitrogens with one attached hydrogen (secondary N) is 1. The summed E-state index contributed by atoms with van der Waals surface area (Å²) in [6.07, 6.45) is -12.1. The van der Waals surface area contributed by atoms with Crippen LogP contribution in [0.25, 0.3) is 0 Å². The summed E-state index contributed by atoms with van der Waals surface area (Å²) in [5.41, 5.74) is 0. The van der Waals surface area contributed by atoms with Gasteiger partial charge in [-0.15, -0.1) is 0 Å². The molecule has 0 aliphatic carbocycles. The van der Waals surface area contributed by atoms with E-state index < -0.39 is 56.2 Å². The molecule has 28 heavy (non-hydrogen) atoms. The molecule has 0 aliphatic rings. The number of hydrogen-bond acceptors (Lipinski definition) is 6. The first-order valence-electron chi connectivity index (χ1n) is 6.45. The van der Waals surface area contributed by atoms with Crippen LogP contribution in [-0.4, -0.2) is 46.4 Å². The summed E-state index contributed by atoms with van der Waals surface area (Å²) in [4.78, 5) is -0.759. The standard InChI is InChI=1S/C11H10ClF6NO6S2.Na/c12-6-1-3-7(4-2-6)26(20,21)19-8(5-25-27(22,23)24)9(10(13,14)15)11(16,17)18;/h1-4,8-9,19H,5H2,(H,22,23,24);/q;+1/p-1/t8-;/m1./s1. The second-order valence-electron chi connectivity index (χ2n) is 4.94. The molecule has 1 atom stereocenters. The Morgan fingerprint density at radius 3 is 1.79 bits per heavy atom. The molecule has 1 aromatic rings. The Morgan fingerprint density at radius 1 is 1.00 bits per heavy atom. The van der Waals surface area contributed by atoms with Crippen LogP contribution in [0.2, 0.25) is 5.02 Å². The molecule has 156 valence electrons. The van der Waals surface area contributed by atoms with E-state index in [0.29, 0.717) is 0 Å². The summed E-state index contributed by atoms with van der Waals surface area (Å²) in [5, 5.41) is 0.0229. The van der Waals surface area contributed by atoms with Gasteiger partial charge in [-0.25, -0.2) is 21.6 Å². The zero-order valence-corrected chi connectivity index (χ0v) is 18.0. The van der Waals surface area contributed by atoms with E-state index in [0.717, 1.165) is 29.0 Å². The number of benzene rings is 1. The fourth-order valence-electron chi connectivity index (χ4n) is 1.88. The van der Waals surface area contributed by atoms with Crippen molar-refractivity contribution < 1.29 is 81.5 Å². The van der Waals surface area contributed by atoms with Gasteiger partial charge in [-0.1, -0.05) is 11.6 Å². The van der Waals surface area contributed by atoms with Crippen molar-refractivity contribution >= 4 is 32.0 Å². The number of rotatable bonds is 7. The van der Waals surface area contributed by atoms with Gasteiger partial charge in [0.25, 0.3) is 0 Å². The summed E-state index contributed by atoms with van der Waals surface area (Å²) in [7, 11) is -10.7. The molecule has 0 aliphatic heterocycles. The van der Waals surface area contributed by atoms with E-state index >= 15 is 0 Å². The molecule has 0 bridgehead atoms. The Morgan fingerprint density at radius 2 is 1.43 bits per heavy atom. The third kappa shape index (κ3) is 8.71. The smallest absolute Gasteiger partial charge is 0.726 e. The second kappa shape index (κ2) is 9.78. The average Bonchev–Trinajstić information content (AvgIpc) is 2.41. The van der Waals surface area contributed by atoms with E-state index in [9.17, 15) is 47.7 Å². The fraction of sp³-hybridized carbons (Fsp3) is 0.455. The first kappa shape index (κ1) is 27.9. The minimum Gasteiger partial charge on any atom is -0.726 e. The fourth-order valence-corrected chi connectivity index (χ4v) is 3.55. The summed E-state index contributed by atoms with van der Waals surface area (Å²) in [6, 6.07) is 0.352. The van der Waals surface area contributed by atoms with Gasteiger partial charge in [-0.3, -0.25) is 4.18 Å². The van der Waals surface area contributed by atoms with E-state index in [1.165, 1.54) is 0 Å². The van der Waals surface area contributed by atoms with Gasteiger partial charge >= 0.3 is 41.9 Å². The zero-order chi connectivity index (χ0) is 21.3. The van der Waals surface area contributed by atoms with Gasteiger partial charge in [-0.2, -0.15) is 26.3 Å². The van der Waals surface area contributed by atoms with Crippen molar-refractivity contribution in [1.29, 1.82) is 0 Å². The van der Waals surface area contributed by atoms with E-state index in [1.54, 1.807) is 0 Å². The monoisotopic (exact) mass is 487 g/mol. The van der Waals surface area contributed by atoms with Gasteiger partial charge in [0.1, 0.15) is 0 Å². The van der Waals surface area contributed by atoms with E-state index in [2.05, 4.69) is 4.18 Å². The van der Waals surface area contributed by atoms with Gasteiger partial charge in [0, 0.05) is 5.02 Å². The number of alkyl halides is 6. The summed E-state index contributed by atoms with van der Waals surface area (Å²) >= 11 is 5.50. The normalized spacial score (nSPS) is 14.6. The molecule has 7 nitrogen and oxygen atoms in total. The van der Waals surface area contributed by atoms with Gasteiger partial charge in [0.15, 0.2) is 5.92 Å². The topological polar surface area (TPSA) is 113 Å². The molecule has 0 radical (unpaired) electrons. The first-order valence-corrected chi connectivity index (χ1v) is 9.64.